The van der Waals surface area contributed by atoms with Gasteiger partial charge in [-0.15, -0.1) is 0 Å². The quantitative estimate of drug-likeness (QED) is 0.583. The Hall–Kier alpha value is -2.29. The summed E-state index contributed by atoms with van der Waals surface area (Å²) in [6.45, 7) is 4.50. The van der Waals surface area contributed by atoms with Crippen molar-refractivity contribution in [3.63, 3.8) is 0 Å². The number of benzene rings is 2. The zero-order valence-corrected chi connectivity index (χ0v) is 9.26. The maximum absolute atomic E-state index is 10.2. The molecule has 0 aliphatic heterocycles. The van der Waals surface area contributed by atoms with Crippen molar-refractivity contribution >= 4 is 17.2 Å². The average Bonchev–Trinajstić information content (AvgIpc) is 2.36. The minimum absolute atomic E-state index is 0.419. The highest BCUT2D eigenvalue weighted by Gasteiger charge is 1.99. The lowest BCUT2D eigenvalue weighted by Gasteiger charge is -2.05. The third-order valence-corrected chi connectivity index (χ3v) is 2.34. The summed E-state index contributed by atoms with van der Waals surface area (Å²) in [6.07, 6.45) is 1.70. The van der Waals surface area contributed by atoms with Crippen molar-refractivity contribution in [2.75, 3.05) is 6.61 Å². The van der Waals surface area contributed by atoms with Gasteiger partial charge in [-0.1, -0.05) is 24.8 Å². The van der Waals surface area contributed by atoms with Crippen LogP contribution in [0.1, 0.15) is 0 Å². The fraction of sp³-hybridized carbons (Fsp3) is 0.0714. The molecule has 0 aliphatic rings. The highest BCUT2D eigenvalue weighted by atomic mass is 16.5. The first-order valence-electron chi connectivity index (χ1n) is 5.21. The molecule has 17 heavy (non-hydrogen) atoms. The van der Waals surface area contributed by atoms with Gasteiger partial charge in [0.2, 0.25) is 0 Å². The van der Waals surface area contributed by atoms with Crippen LogP contribution in [0.2, 0.25) is 0 Å². The molecule has 0 amide bonds. The van der Waals surface area contributed by atoms with E-state index in [-0.39, 0.29) is 0 Å². The van der Waals surface area contributed by atoms with E-state index in [2.05, 4.69) is 6.58 Å². The van der Waals surface area contributed by atoms with Crippen LogP contribution >= 0.6 is 0 Å². The molecule has 0 heterocycles. The predicted molar refractivity (Wildman–Crippen MR) is 66.3 cm³/mol. The molecule has 0 unspecified atom stereocenters. The summed E-state index contributed by atoms with van der Waals surface area (Å²) in [5.74, 6) is 1.33. The minimum atomic E-state index is 0.419. The summed E-state index contributed by atoms with van der Waals surface area (Å²) >= 11 is 0. The Balaban J connectivity index is 2.32. The van der Waals surface area contributed by atoms with Crippen LogP contribution in [0.4, 0.5) is 0 Å². The zero-order valence-electron chi connectivity index (χ0n) is 9.26. The summed E-state index contributed by atoms with van der Waals surface area (Å²) in [5.41, 5.74) is 0. The summed E-state index contributed by atoms with van der Waals surface area (Å²) in [7, 11) is 0. The molecule has 2 aromatic carbocycles. The number of ether oxygens (including phenoxy) is 2. The van der Waals surface area contributed by atoms with Crippen molar-refractivity contribution in [2.45, 2.75) is 0 Å². The summed E-state index contributed by atoms with van der Waals surface area (Å²) in [4.78, 5) is 10.2. The summed E-state index contributed by atoms with van der Waals surface area (Å²) in [6, 6.07) is 11.2. The molecule has 86 valence electrons. The van der Waals surface area contributed by atoms with Gasteiger partial charge in [0.1, 0.15) is 18.1 Å². The van der Waals surface area contributed by atoms with Gasteiger partial charge in [-0.2, -0.15) is 0 Å². The van der Waals surface area contributed by atoms with E-state index >= 15 is 0 Å². The molecule has 0 fully saturated rings. The molecule has 0 saturated heterocycles. The Morgan fingerprint density at radius 2 is 1.71 bits per heavy atom. The van der Waals surface area contributed by atoms with Crippen molar-refractivity contribution in [2.24, 2.45) is 0 Å². The van der Waals surface area contributed by atoms with Crippen LogP contribution in [-0.4, -0.2) is 13.1 Å². The van der Waals surface area contributed by atoms with Gasteiger partial charge in [0.25, 0.3) is 6.47 Å². The number of rotatable bonds is 5. The first-order chi connectivity index (χ1) is 8.33. The van der Waals surface area contributed by atoms with Gasteiger partial charge < -0.3 is 9.47 Å². The molecule has 3 nitrogen and oxygen atoms in total. The van der Waals surface area contributed by atoms with Gasteiger partial charge in [0.05, 0.1) is 0 Å². The van der Waals surface area contributed by atoms with Crippen molar-refractivity contribution in [1.29, 1.82) is 0 Å². The van der Waals surface area contributed by atoms with Crippen LogP contribution in [0.25, 0.3) is 10.8 Å². The van der Waals surface area contributed by atoms with E-state index in [1.54, 1.807) is 18.2 Å². The van der Waals surface area contributed by atoms with E-state index < -0.39 is 0 Å². The number of hydrogen-bond acceptors (Lipinski definition) is 3. The fourth-order valence-electron chi connectivity index (χ4n) is 1.58. The van der Waals surface area contributed by atoms with Gasteiger partial charge in [-0.3, -0.25) is 4.79 Å². The van der Waals surface area contributed by atoms with Crippen LogP contribution in [-0.2, 0) is 4.79 Å². The molecule has 0 radical (unpaired) electrons. The number of carbonyl (C=O) groups excluding carboxylic acids is 1. The molecular weight excluding hydrogens is 216 g/mol. The highest BCUT2D eigenvalue weighted by molar-refractivity contribution is 5.85. The number of fused-ring (bicyclic) bond motifs is 1. The van der Waals surface area contributed by atoms with Crippen LogP contribution in [0.15, 0.2) is 49.1 Å². The second-order valence-corrected chi connectivity index (χ2v) is 3.48. The lowest BCUT2D eigenvalue weighted by molar-refractivity contribution is -0.120. The highest BCUT2D eigenvalue weighted by Crippen LogP contribution is 2.24. The second kappa shape index (κ2) is 5.16. The molecule has 0 atom stereocenters. The Bertz CT molecular complexity index is 546. The lowest BCUT2D eigenvalue weighted by atomic mass is 10.1. The molecule has 0 saturated carbocycles. The van der Waals surface area contributed by atoms with Gasteiger partial charge in [-0.25, -0.2) is 0 Å². The molecule has 0 aromatic heterocycles. The maximum atomic E-state index is 10.2. The second-order valence-electron chi connectivity index (χ2n) is 3.48. The van der Waals surface area contributed by atoms with Gasteiger partial charge >= 0.3 is 0 Å². The standard InChI is InChI=1S/C14H12O3/c1-2-7-16-13-5-3-12-9-14(17-10-15)6-4-11(12)8-13/h2-6,8-10H,1,7H2. The third kappa shape index (κ3) is 2.64. The molecule has 2 rings (SSSR count). The molecule has 0 aliphatic carbocycles. The third-order valence-electron chi connectivity index (χ3n) is 2.34. The monoisotopic (exact) mass is 228 g/mol. The van der Waals surface area contributed by atoms with Crippen molar-refractivity contribution in [1.82, 2.24) is 0 Å². The van der Waals surface area contributed by atoms with Crippen molar-refractivity contribution < 1.29 is 14.3 Å². The SMILES string of the molecule is C=CCOc1ccc2cc(OC=O)ccc2c1. The van der Waals surface area contributed by atoms with E-state index in [4.69, 9.17) is 9.47 Å². The minimum Gasteiger partial charge on any atom is -0.490 e. The topological polar surface area (TPSA) is 35.5 Å². The van der Waals surface area contributed by atoms with E-state index in [0.29, 0.717) is 18.8 Å². The maximum Gasteiger partial charge on any atom is 0.298 e. The first kappa shape index (κ1) is 11.2. The number of hydrogen-bond donors (Lipinski definition) is 0. The summed E-state index contributed by atoms with van der Waals surface area (Å²) < 4.78 is 10.2. The van der Waals surface area contributed by atoms with Crippen LogP contribution in [0.3, 0.4) is 0 Å². The molecule has 3 heteroatoms. The Morgan fingerprint density at radius 3 is 2.35 bits per heavy atom. The number of carbonyl (C=O) groups is 1. The first-order valence-corrected chi connectivity index (χ1v) is 5.21. The lowest BCUT2D eigenvalue weighted by Crippen LogP contribution is -1.92. The normalized spacial score (nSPS) is 9.88. The zero-order chi connectivity index (χ0) is 12.1. The Kier molecular flexibility index (Phi) is 3.40. The van der Waals surface area contributed by atoms with Crippen LogP contribution < -0.4 is 9.47 Å². The van der Waals surface area contributed by atoms with E-state index in [9.17, 15) is 4.79 Å². The molecule has 2 aromatic rings. The molecule has 0 N–H and O–H groups in total. The van der Waals surface area contributed by atoms with E-state index in [1.807, 2.05) is 24.3 Å². The van der Waals surface area contributed by atoms with Crippen LogP contribution in [0, 0.1) is 0 Å². The molecule has 0 spiro atoms. The summed E-state index contributed by atoms with van der Waals surface area (Å²) in [5, 5.41) is 2.03. The van der Waals surface area contributed by atoms with Crippen molar-refractivity contribution in [3.05, 3.63) is 49.1 Å². The van der Waals surface area contributed by atoms with E-state index in [1.165, 1.54) is 0 Å². The fourth-order valence-corrected chi connectivity index (χ4v) is 1.58. The van der Waals surface area contributed by atoms with Crippen molar-refractivity contribution in [3.8, 4) is 11.5 Å². The van der Waals surface area contributed by atoms with E-state index in [0.717, 1.165) is 16.5 Å². The van der Waals surface area contributed by atoms with Gasteiger partial charge in [-0.05, 0) is 35.0 Å². The largest absolute Gasteiger partial charge is 0.490 e. The van der Waals surface area contributed by atoms with Crippen LogP contribution in [0.5, 0.6) is 11.5 Å². The molecular formula is C14H12O3. The average molecular weight is 228 g/mol. The van der Waals surface area contributed by atoms with Gasteiger partial charge in [0.15, 0.2) is 0 Å². The van der Waals surface area contributed by atoms with Gasteiger partial charge in [0, 0.05) is 0 Å². The molecule has 0 bridgehead atoms. The Morgan fingerprint density at radius 1 is 1.06 bits per heavy atom. The smallest absolute Gasteiger partial charge is 0.298 e. The predicted octanol–water partition coefficient (Wildman–Crippen LogP) is 2.94. The Labute approximate surface area is 99.3 Å².